The topological polar surface area (TPSA) is 37.3 Å². The second kappa shape index (κ2) is 5.79. The van der Waals surface area contributed by atoms with Gasteiger partial charge in [-0.1, -0.05) is 23.2 Å². The summed E-state index contributed by atoms with van der Waals surface area (Å²) in [6.07, 6.45) is 0.698. The Labute approximate surface area is 75.2 Å². The van der Waals surface area contributed by atoms with Crippen LogP contribution in [0.1, 0.15) is 0 Å². The SMILES string of the molecule is O=C(O)C=C(Cl)Cl.[InH3]. The second-order valence-corrected chi connectivity index (χ2v) is 1.78. The molecule has 2 nitrogen and oxygen atoms in total. The van der Waals surface area contributed by atoms with E-state index >= 15 is 0 Å². The van der Waals surface area contributed by atoms with Crippen molar-refractivity contribution < 1.29 is 9.90 Å². The molecule has 0 bridgehead atoms. The van der Waals surface area contributed by atoms with Gasteiger partial charge in [-0.3, -0.25) is 0 Å². The molecule has 0 aromatic heterocycles. The van der Waals surface area contributed by atoms with E-state index in [4.69, 9.17) is 28.3 Å². The van der Waals surface area contributed by atoms with Crippen molar-refractivity contribution in [2.45, 2.75) is 0 Å². The van der Waals surface area contributed by atoms with Gasteiger partial charge in [0, 0.05) is 0 Å². The van der Waals surface area contributed by atoms with Crippen LogP contribution in [0.15, 0.2) is 10.6 Å². The van der Waals surface area contributed by atoms with Gasteiger partial charge in [-0.2, -0.15) is 0 Å². The van der Waals surface area contributed by atoms with Crippen molar-refractivity contribution in [2.75, 3.05) is 0 Å². The first-order valence-electron chi connectivity index (χ1n) is 1.38. The molecule has 0 spiro atoms. The zero-order valence-electron chi connectivity index (χ0n) is 3.19. The number of aliphatic carboxylic acids is 1. The van der Waals surface area contributed by atoms with Crippen LogP contribution >= 0.6 is 23.2 Å². The van der Waals surface area contributed by atoms with Gasteiger partial charge in [0.05, 0.1) is 6.08 Å². The van der Waals surface area contributed by atoms with Crippen LogP contribution in [0, 0.1) is 0 Å². The quantitative estimate of drug-likeness (QED) is 0.683. The third-order valence-corrected chi connectivity index (χ3v) is 0.451. The van der Waals surface area contributed by atoms with Gasteiger partial charge < -0.3 is 5.11 Å². The van der Waals surface area contributed by atoms with Crippen LogP contribution in [0.2, 0.25) is 0 Å². The monoisotopic (exact) mass is 258 g/mol. The molecule has 0 saturated heterocycles. The van der Waals surface area contributed by atoms with Crippen molar-refractivity contribution in [1.29, 1.82) is 0 Å². The molecule has 0 aliphatic heterocycles. The molecule has 0 atom stereocenters. The molecule has 0 aliphatic rings. The van der Waals surface area contributed by atoms with E-state index in [2.05, 4.69) is 0 Å². The number of halogens is 2. The van der Waals surface area contributed by atoms with Crippen LogP contribution in [0.3, 0.4) is 0 Å². The molecule has 0 aromatic rings. The summed E-state index contributed by atoms with van der Waals surface area (Å²) in [7, 11) is 0. The fourth-order valence-electron chi connectivity index (χ4n) is 0.0933. The number of hydrogen-bond acceptors (Lipinski definition) is 1. The zero-order chi connectivity index (χ0) is 5.86. The van der Waals surface area contributed by atoms with Crippen molar-refractivity contribution in [3.05, 3.63) is 10.6 Å². The first-order valence-corrected chi connectivity index (χ1v) is 2.14. The Kier molecular flexibility index (Phi) is 8.29. The molecule has 0 fully saturated rings. The minimum absolute atomic E-state index is 0. The van der Waals surface area contributed by atoms with Gasteiger partial charge in [0.1, 0.15) is 4.49 Å². The van der Waals surface area contributed by atoms with E-state index < -0.39 is 5.97 Å². The first kappa shape index (κ1) is 11.5. The van der Waals surface area contributed by atoms with Crippen LogP contribution in [0.5, 0.6) is 0 Å². The molecule has 0 radical (unpaired) electrons. The summed E-state index contributed by atoms with van der Waals surface area (Å²) in [6.45, 7) is 0. The number of carboxylic acids is 1. The third kappa shape index (κ3) is 9.83. The standard InChI is InChI=1S/C3H2Cl2O2.In.3H/c4-2(5)1-3(6)7;;;;/h1H,(H,6,7);;;;. The predicted molar refractivity (Wildman–Crippen MR) is 37.4 cm³/mol. The van der Waals surface area contributed by atoms with Crippen molar-refractivity contribution in [1.82, 2.24) is 0 Å². The molecule has 0 heterocycles. The number of hydrogen-bond donors (Lipinski definition) is 1. The third-order valence-electron chi connectivity index (χ3n) is 0.233. The number of carboxylic acid groups (broad SMARTS) is 1. The summed E-state index contributed by atoms with van der Waals surface area (Å²) in [6, 6.07) is 0. The molecule has 0 unspecified atom stereocenters. The Bertz CT molecular complexity index is 108. The summed E-state index contributed by atoms with van der Waals surface area (Å²) in [5, 5.41) is 7.84. The van der Waals surface area contributed by atoms with Crippen LogP contribution in [-0.4, -0.2) is 36.9 Å². The molecule has 0 saturated carbocycles. The van der Waals surface area contributed by atoms with Crippen molar-refractivity contribution >= 4 is 55.0 Å². The number of rotatable bonds is 1. The van der Waals surface area contributed by atoms with Crippen LogP contribution < -0.4 is 0 Å². The van der Waals surface area contributed by atoms with Gasteiger partial charge in [0.2, 0.25) is 0 Å². The van der Waals surface area contributed by atoms with Gasteiger partial charge in [0.15, 0.2) is 0 Å². The Hall–Kier alpha value is 0.660. The Morgan fingerprint density at radius 1 is 1.50 bits per heavy atom. The van der Waals surface area contributed by atoms with Crippen molar-refractivity contribution in [3.63, 3.8) is 0 Å². The van der Waals surface area contributed by atoms with E-state index in [-0.39, 0.29) is 30.3 Å². The molecule has 5 heteroatoms. The maximum atomic E-state index is 9.56. The fourth-order valence-corrected chi connectivity index (χ4v) is 0.280. The summed E-state index contributed by atoms with van der Waals surface area (Å²) in [4.78, 5) is 9.56. The molecule has 0 aliphatic carbocycles. The Morgan fingerprint density at radius 2 is 1.88 bits per heavy atom. The maximum absolute atomic E-state index is 9.56. The van der Waals surface area contributed by atoms with E-state index in [0.29, 0.717) is 6.08 Å². The van der Waals surface area contributed by atoms with Gasteiger partial charge in [-0.05, 0) is 0 Å². The first-order chi connectivity index (χ1) is 3.13. The van der Waals surface area contributed by atoms with Crippen LogP contribution in [-0.2, 0) is 4.79 Å². The van der Waals surface area contributed by atoms with Gasteiger partial charge in [-0.15, -0.1) is 0 Å². The normalized spacial score (nSPS) is 6.75. The second-order valence-electron chi connectivity index (χ2n) is 0.772. The van der Waals surface area contributed by atoms with Crippen LogP contribution in [0.25, 0.3) is 0 Å². The van der Waals surface area contributed by atoms with Gasteiger partial charge in [-0.25, -0.2) is 4.79 Å². The fraction of sp³-hybridized carbons (Fsp3) is 0. The van der Waals surface area contributed by atoms with Crippen molar-refractivity contribution in [3.8, 4) is 0 Å². The molecular weight excluding hydrogens is 254 g/mol. The van der Waals surface area contributed by atoms with E-state index in [9.17, 15) is 4.79 Å². The molecule has 46 valence electrons. The molecule has 1 N–H and O–H groups in total. The van der Waals surface area contributed by atoms with Crippen LogP contribution in [0.4, 0.5) is 0 Å². The predicted octanol–water partition coefficient (Wildman–Crippen LogP) is 0.206. The van der Waals surface area contributed by atoms with Crippen molar-refractivity contribution in [2.24, 2.45) is 0 Å². The summed E-state index contributed by atoms with van der Waals surface area (Å²) in [5.74, 6) is -1.14. The summed E-state index contributed by atoms with van der Waals surface area (Å²) >= 11 is 9.84. The molecular formula is C3H5Cl2InO2. The molecule has 0 amide bonds. The summed E-state index contributed by atoms with van der Waals surface area (Å²) in [5.41, 5.74) is 0. The average Bonchev–Trinajstić information content (AvgIpc) is 1.27. The Balaban J connectivity index is 0. The van der Waals surface area contributed by atoms with E-state index in [1.54, 1.807) is 0 Å². The zero-order valence-corrected chi connectivity index (χ0v) is 4.70. The van der Waals surface area contributed by atoms with Gasteiger partial charge in [0.25, 0.3) is 0 Å². The Morgan fingerprint density at radius 3 is 1.88 bits per heavy atom. The number of carbonyl (C=O) groups is 1. The van der Waals surface area contributed by atoms with E-state index in [1.165, 1.54) is 0 Å². The van der Waals surface area contributed by atoms with E-state index in [0.717, 1.165) is 0 Å². The molecule has 0 rings (SSSR count). The summed E-state index contributed by atoms with van der Waals surface area (Å²) < 4.78 is -0.243. The minimum atomic E-state index is -1.14. The molecule has 8 heavy (non-hydrogen) atoms. The average molecular weight is 259 g/mol. The molecule has 0 aromatic carbocycles. The van der Waals surface area contributed by atoms with E-state index in [1.807, 2.05) is 0 Å². The van der Waals surface area contributed by atoms with Gasteiger partial charge >= 0.3 is 31.8 Å².